The summed E-state index contributed by atoms with van der Waals surface area (Å²) in [5, 5.41) is 11.0. The summed E-state index contributed by atoms with van der Waals surface area (Å²) < 4.78 is 21.6. The van der Waals surface area contributed by atoms with E-state index in [2.05, 4.69) is 27.5 Å². The summed E-state index contributed by atoms with van der Waals surface area (Å²) in [6, 6.07) is 1.79. The van der Waals surface area contributed by atoms with Gasteiger partial charge in [-0.2, -0.15) is 0 Å². The number of nitrogens with two attached hydrogens (primary N) is 1. The lowest BCUT2D eigenvalue weighted by Gasteiger charge is -2.09. The highest BCUT2D eigenvalue weighted by molar-refractivity contribution is 7.89. The van der Waals surface area contributed by atoms with Crippen LogP contribution in [0.15, 0.2) is 6.07 Å². The van der Waals surface area contributed by atoms with Crippen LogP contribution in [-0.2, 0) is 16.4 Å². The normalized spacial score (nSPS) is 11.3. The van der Waals surface area contributed by atoms with Gasteiger partial charge in [-0.25, -0.2) is 23.5 Å². The van der Waals surface area contributed by atoms with E-state index in [1.807, 2.05) is 0 Å². The van der Waals surface area contributed by atoms with Gasteiger partial charge in [0.05, 0.1) is 5.75 Å². The maximum Gasteiger partial charge on any atom is 0.209 e. The van der Waals surface area contributed by atoms with Crippen molar-refractivity contribution in [1.29, 1.82) is 0 Å². The molecule has 0 amide bonds. The van der Waals surface area contributed by atoms with Crippen molar-refractivity contribution in [3.63, 3.8) is 0 Å². The van der Waals surface area contributed by atoms with Gasteiger partial charge < -0.3 is 10.6 Å². The third-order valence-corrected chi connectivity index (χ3v) is 3.27. The molecule has 8 heteroatoms. The summed E-state index contributed by atoms with van der Waals surface area (Å²) in [5.74, 6) is 2.17. The highest BCUT2D eigenvalue weighted by Gasteiger charge is 2.05. The fraction of sp³-hybridized carbons (Fsp3) is 0.636. The quantitative estimate of drug-likeness (QED) is 0.603. The predicted octanol–water partition coefficient (Wildman–Crippen LogP) is 0.561. The van der Waals surface area contributed by atoms with E-state index in [4.69, 9.17) is 5.14 Å². The number of nitrogens with zero attached hydrogens (tertiary/aromatic N) is 2. The first kappa shape index (κ1) is 15.6. The number of hydrogen-bond acceptors (Lipinski definition) is 6. The van der Waals surface area contributed by atoms with Crippen molar-refractivity contribution in [1.82, 2.24) is 9.97 Å². The standard InChI is InChI=1S/C11H21N5O2S/c1-3-5-9-15-10(13-2)8-11(16-9)14-6-4-7-19(12,17)18/h8H,3-7H2,1-2H3,(H2,12,17,18)(H2,13,14,15,16). The second-order valence-corrected chi connectivity index (χ2v) is 5.94. The van der Waals surface area contributed by atoms with Crippen LogP contribution in [0, 0.1) is 0 Å². The maximum atomic E-state index is 10.8. The lowest BCUT2D eigenvalue weighted by molar-refractivity contribution is 0.595. The number of anilines is 2. The van der Waals surface area contributed by atoms with Crippen LogP contribution in [0.2, 0.25) is 0 Å². The molecule has 0 saturated heterocycles. The van der Waals surface area contributed by atoms with Gasteiger partial charge in [-0.3, -0.25) is 0 Å². The smallest absolute Gasteiger partial charge is 0.209 e. The van der Waals surface area contributed by atoms with Crippen LogP contribution in [0.1, 0.15) is 25.6 Å². The Labute approximate surface area is 114 Å². The fourth-order valence-electron chi connectivity index (χ4n) is 1.54. The Balaban J connectivity index is 2.59. The lowest BCUT2D eigenvalue weighted by atomic mass is 10.3. The van der Waals surface area contributed by atoms with Crippen molar-refractivity contribution in [2.45, 2.75) is 26.2 Å². The van der Waals surface area contributed by atoms with Gasteiger partial charge in [0.25, 0.3) is 0 Å². The topological polar surface area (TPSA) is 110 Å². The molecule has 0 aliphatic heterocycles. The van der Waals surface area contributed by atoms with Crippen molar-refractivity contribution in [3.8, 4) is 0 Å². The van der Waals surface area contributed by atoms with Crippen LogP contribution < -0.4 is 15.8 Å². The first-order valence-corrected chi connectivity index (χ1v) is 7.96. The zero-order valence-corrected chi connectivity index (χ0v) is 12.1. The summed E-state index contributed by atoms with van der Waals surface area (Å²) in [6.45, 7) is 2.57. The van der Waals surface area contributed by atoms with E-state index in [1.54, 1.807) is 13.1 Å². The van der Waals surface area contributed by atoms with E-state index in [0.29, 0.717) is 18.8 Å². The molecule has 1 heterocycles. The number of nitrogens with one attached hydrogen (secondary N) is 2. The van der Waals surface area contributed by atoms with Gasteiger partial charge in [-0.1, -0.05) is 6.92 Å². The minimum atomic E-state index is -3.39. The monoisotopic (exact) mass is 287 g/mol. The van der Waals surface area contributed by atoms with Crippen molar-refractivity contribution in [3.05, 3.63) is 11.9 Å². The average Bonchev–Trinajstić information content (AvgIpc) is 2.34. The fourth-order valence-corrected chi connectivity index (χ4v) is 2.09. The molecule has 7 nitrogen and oxygen atoms in total. The second-order valence-electron chi connectivity index (χ2n) is 4.20. The van der Waals surface area contributed by atoms with E-state index in [0.717, 1.165) is 24.5 Å². The van der Waals surface area contributed by atoms with E-state index in [-0.39, 0.29) is 5.75 Å². The Morgan fingerprint density at radius 3 is 2.58 bits per heavy atom. The molecule has 0 atom stereocenters. The van der Waals surface area contributed by atoms with Gasteiger partial charge in [0, 0.05) is 26.1 Å². The summed E-state index contributed by atoms with van der Waals surface area (Å²) in [4.78, 5) is 8.69. The summed E-state index contributed by atoms with van der Waals surface area (Å²) in [7, 11) is -1.60. The lowest BCUT2D eigenvalue weighted by Crippen LogP contribution is -2.19. The zero-order chi connectivity index (χ0) is 14.3. The van der Waals surface area contributed by atoms with Gasteiger partial charge in [-0.05, 0) is 12.8 Å². The Hall–Kier alpha value is -1.41. The molecule has 0 unspecified atom stereocenters. The van der Waals surface area contributed by atoms with Crippen LogP contribution in [0.4, 0.5) is 11.6 Å². The molecule has 0 bridgehead atoms. The Morgan fingerprint density at radius 1 is 1.32 bits per heavy atom. The minimum absolute atomic E-state index is 0.0359. The van der Waals surface area contributed by atoms with Gasteiger partial charge in [0.15, 0.2) is 0 Å². The van der Waals surface area contributed by atoms with E-state index >= 15 is 0 Å². The molecule has 0 fully saturated rings. The number of hydrogen-bond donors (Lipinski definition) is 3. The molecule has 1 aromatic rings. The van der Waals surface area contributed by atoms with Gasteiger partial charge in [0.1, 0.15) is 17.5 Å². The third kappa shape index (κ3) is 6.35. The average molecular weight is 287 g/mol. The highest BCUT2D eigenvalue weighted by atomic mass is 32.2. The van der Waals surface area contributed by atoms with Crippen molar-refractivity contribution < 1.29 is 8.42 Å². The Kier molecular flexibility index (Phi) is 5.97. The molecule has 19 heavy (non-hydrogen) atoms. The molecule has 0 spiro atoms. The summed E-state index contributed by atoms with van der Waals surface area (Å²) in [6.07, 6.45) is 2.22. The predicted molar refractivity (Wildman–Crippen MR) is 76.7 cm³/mol. The first-order chi connectivity index (χ1) is 8.94. The third-order valence-electron chi connectivity index (χ3n) is 2.41. The Morgan fingerprint density at radius 2 is 2.00 bits per heavy atom. The number of sulfonamides is 1. The molecule has 0 aromatic carbocycles. The molecule has 1 rings (SSSR count). The molecule has 4 N–H and O–H groups in total. The van der Waals surface area contributed by atoms with Crippen LogP contribution in [0.3, 0.4) is 0 Å². The van der Waals surface area contributed by atoms with Gasteiger partial charge in [0.2, 0.25) is 10.0 Å². The SMILES string of the molecule is CCCc1nc(NC)cc(NCCCS(N)(=O)=O)n1. The molecule has 0 aliphatic carbocycles. The minimum Gasteiger partial charge on any atom is -0.373 e. The molecule has 0 saturated carbocycles. The number of primary sulfonamides is 1. The Bertz CT molecular complexity index is 504. The van der Waals surface area contributed by atoms with Crippen LogP contribution >= 0.6 is 0 Å². The van der Waals surface area contributed by atoms with Gasteiger partial charge >= 0.3 is 0 Å². The van der Waals surface area contributed by atoms with E-state index in [1.165, 1.54) is 0 Å². The van der Waals surface area contributed by atoms with Crippen LogP contribution in [0.25, 0.3) is 0 Å². The second kappa shape index (κ2) is 7.25. The summed E-state index contributed by atoms with van der Waals surface area (Å²) >= 11 is 0. The van der Waals surface area contributed by atoms with Crippen LogP contribution in [0.5, 0.6) is 0 Å². The highest BCUT2D eigenvalue weighted by Crippen LogP contribution is 2.11. The van der Waals surface area contributed by atoms with E-state index in [9.17, 15) is 8.42 Å². The maximum absolute atomic E-state index is 10.8. The number of rotatable bonds is 8. The molecule has 1 aromatic heterocycles. The van der Waals surface area contributed by atoms with Gasteiger partial charge in [-0.15, -0.1) is 0 Å². The zero-order valence-electron chi connectivity index (χ0n) is 11.3. The molecular formula is C11H21N5O2S. The van der Waals surface area contributed by atoms with Crippen molar-refractivity contribution >= 4 is 21.7 Å². The largest absolute Gasteiger partial charge is 0.373 e. The van der Waals surface area contributed by atoms with E-state index < -0.39 is 10.0 Å². The first-order valence-electron chi connectivity index (χ1n) is 6.24. The number of aryl methyl sites for hydroxylation is 1. The van der Waals surface area contributed by atoms with Crippen molar-refractivity contribution in [2.75, 3.05) is 30.0 Å². The van der Waals surface area contributed by atoms with Crippen molar-refractivity contribution in [2.24, 2.45) is 5.14 Å². The molecule has 0 radical (unpaired) electrons. The molecular weight excluding hydrogens is 266 g/mol. The van der Waals surface area contributed by atoms with Crippen LogP contribution in [-0.4, -0.2) is 37.7 Å². The summed E-state index contributed by atoms with van der Waals surface area (Å²) in [5.41, 5.74) is 0. The molecule has 108 valence electrons. The number of aromatic nitrogens is 2. The molecule has 0 aliphatic rings.